The SMILES string of the molecule is CCOc1cc(/C=N/NC(=O)c2ccccc2[N+](=O)[O-])cc(Br)c1OS(=O)(=O)c1ccc(C)cc1. The van der Waals surface area contributed by atoms with Crippen LogP contribution in [-0.2, 0) is 10.1 Å². The number of nitro benzene ring substituents is 1. The van der Waals surface area contributed by atoms with Gasteiger partial charge in [0.15, 0.2) is 11.5 Å². The molecule has 35 heavy (non-hydrogen) atoms. The number of nitrogens with zero attached hydrogens (tertiary/aromatic N) is 2. The number of halogens is 1. The number of aryl methyl sites for hydroxylation is 1. The Kier molecular flexibility index (Phi) is 8.20. The first-order chi connectivity index (χ1) is 16.6. The van der Waals surface area contributed by atoms with E-state index in [2.05, 4.69) is 26.5 Å². The molecule has 0 aromatic heterocycles. The second-order valence-corrected chi connectivity index (χ2v) is 9.49. The molecule has 0 radical (unpaired) electrons. The molecular formula is C23H20BrN3O7S. The predicted octanol–water partition coefficient (Wildman–Crippen LogP) is 4.60. The lowest BCUT2D eigenvalue weighted by molar-refractivity contribution is -0.385. The van der Waals surface area contributed by atoms with E-state index in [9.17, 15) is 23.3 Å². The van der Waals surface area contributed by atoms with Gasteiger partial charge in [-0.1, -0.05) is 29.8 Å². The fraction of sp³-hybridized carbons (Fsp3) is 0.130. The van der Waals surface area contributed by atoms with E-state index in [1.165, 1.54) is 54.7 Å². The third-order valence-corrected chi connectivity index (χ3v) is 6.38. The number of para-hydroxylation sites is 1. The zero-order valence-electron chi connectivity index (χ0n) is 18.6. The lowest BCUT2D eigenvalue weighted by Gasteiger charge is -2.14. The number of ether oxygens (including phenoxy) is 1. The van der Waals surface area contributed by atoms with Gasteiger partial charge in [0.25, 0.3) is 11.6 Å². The van der Waals surface area contributed by atoms with Gasteiger partial charge >= 0.3 is 10.1 Å². The maximum Gasteiger partial charge on any atom is 0.339 e. The first kappa shape index (κ1) is 25.8. The zero-order valence-corrected chi connectivity index (χ0v) is 21.0. The highest BCUT2D eigenvalue weighted by atomic mass is 79.9. The van der Waals surface area contributed by atoms with E-state index in [1.807, 2.05) is 6.92 Å². The Balaban J connectivity index is 1.84. The maximum atomic E-state index is 12.7. The molecule has 0 saturated heterocycles. The Morgan fingerprint density at radius 2 is 1.86 bits per heavy atom. The van der Waals surface area contributed by atoms with Crippen LogP contribution in [0.4, 0.5) is 5.69 Å². The molecule has 0 atom stereocenters. The highest BCUT2D eigenvalue weighted by Gasteiger charge is 2.22. The van der Waals surface area contributed by atoms with E-state index in [0.29, 0.717) is 5.56 Å². The quantitative estimate of drug-likeness (QED) is 0.174. The molecule has 0 saturated carbocycles. The van der Waals surface area contributed by atoms with Crippen LogP contribution in [-0.4, -0.2) is 32.1 Å². The van der Waals surface area contributed by atoms with E-state index >= 15 is 0 Å². The van der Waals surface area contributed by atoms with Gasteiger partial charge in [0.2, 0.25) is 0 Å². The van der Waals surface area contributed by atoms with Crippen molar-refractivity contribution in [1.29, 1.82) is 0 Å². The zero-order chi connectivity index (χ0) is 25.6. The van der Waals surface area contributed by atoms with Gasteiger partial charge < -0.3 is 8.92 Å². The predicted molar refractivity (Wildman–Crippen MR) is 132 cm³/mol. The highest BCUT2D eigenvalue weighted by molar-refractivity contribution is 9.10. The molecular weight excluding hydrogens is 542 g/mol. The number of amides is 1. The summed E-state index contributed by atoms with van der Waals surface area (Å²) >= 11 is 3.29. The number of hydrogen-bond donors (Lipinski definition) is 1. The van der Waals surface area contributed by atoms with Crippen LogP contribution in [0.2, 0.25) is 0 Å². The van der Waals surface area contributed by atoms with Crippen LogP contribution in [0.5, 0.6) is 11.5 Å². The number of nitro groups is 1. The number of hydrazone groups is 1. The average Bonchev–Trinajstić information content (AvgIpc) is 2.81. The summed E-state index contributed by atoms with van der Waals surface area (Å²) in [6.07, 6.45) is 1.28. The van der Waals surface area contributed by atoms with Crippen LogP contribution in [0.15, 0.2) is 75.1 Å². The van der Waals surface area contributed by atoms with Crippen molar-refractivity contribution >= 4 is 43.9 Å². The van der Waals surface area contributed by atoms with E-state index < -0.39 is 20.9 Å². The van der Waals surface area contributed by atoms with Gasteiger partial charge in [0.1, 0.15) is 10.5 Å². The Morgan fingerprint density at radius 3 is 2.51 bits per heavy atom. The maximum absolute atomic E-state index is 12.7. The van der Waals surface area contributed by atoms with Gasteiger partial charge in [-0.3, -0.25) is 14.9 Å². The summed E-state index contributed by atoms with van der Waals surface area (Å²) in [5.74, 6) is -0.681. The minimum Gasteiger partial charge on any atom is -0.490 e. The Bertz CT molecular complexity index is 1390. The molecule has 0 unspecified atom stereocenters. The largest absolute Gasteiger partial charge is 0.490 e. The monoisotopic (exact) mass is 561 g/mol. The van der Waals surface area contributed by atoms with Gasteiger partial charge in [-0.15, -0.1) is 0 Å². The van der Waals surface area contributed by atoms with Crippen LogP contribution in [0.25, 0.3) is 0 Å². The second-order valence-electron chi connectivity index (χ2n) is 7.09. The number of rotatable bonds is 9. The fourth-order valence-corrected chi connectivity index (χ4v) is 4.52. The molecule has 1 amide bonds. The lowest BCUT2D eigenvalue weighted by Crippen LogP contribution is -2.19. The first-order valence-electron chi connectivity index (χ1n) is 10.2. The normalized spacial score (nSPS) is 11.3. The number of carbonyl (C=O) groups is 1. The Morgan fingerprint density at radius 1 is 1.17 bits per heavy atom. The third kappa shape index (κ3) is 6.43. The van der Waals surface area contributed by atoms with Crippen LogP contribution in [0.1, 0.15) is 28.4 Å². The molecule has 3 rings (SSSR count). The van der Waals surface area contributed by atoms with Crippen molar-refractivity contribution in [2.24, 2.45) is 5.10 Å². The van der Waals surface area contributed by atoms with Crippen LogP contribution in [0, 0.1) is 17.0 Å². The highest BCUT2D eigenvalue weighted by Crippen LogP contribution is 2.38. The summed E-state index contributed by atoms with van der Waals surface area (Å²) < 4.78 is 36.7. The van der Waals surface area contributed by atoms with Crippen LogP contribution in [0.3, 0.4) is 0 Å². The van der Waals surface area contributed by atoms with E-state index in [0.717, 1.165) is 5.56 Å². The molecule has 12 heteroatoms. The molecule has 0 aliphatic carbocycles. The summed E-state index contributed by atoms with van der Waals surface area (Å²) in [5, 5.41) is 14.9. The smallest absolute Gasteiger partial charge is 0.339 e. The minimum atomic E-state index is -4.13. The van der Waals surface area contributed by atoms with Crippen molar-refractivity contribution in [3.63, 3.8) is 0 Å². The van der Waals surface area contributed by atoms with Gasteiger partial charge in [0, 0.05) is 6.07 Å². The van der Waals surface area contributed by atoms with E-state index in [-0.39, 0.29) is 38.7 Å². The molecule has 0 aliphatic rings. The summed E-state index contributed by atoms with van der Waals surface area (Å²) in [7, 11) is -4.13. The minimum absolute atomic E-state index is 0.0131. The van der Waals surface area contributed by atoms with Gasteiger partial charge in [-0.25, -0.2) is 5.43 Å². The summed E-state index contributed by atoms with van der Waals surface area (Å²) in [5.41, 5.74) is 3.08. The van der Waals surface area contributed by atoms with Crippen LogP contribution >= 0.6 is 15.9 Å². The summed E-state index contributed by atoms with van der Waals surface area (Å²) in [6, 6.07) is 14.7. The molecule has 0 spiro atoms. The molecule has 10 nitrogen and oxygen atoms in total. The summed E-state index contributed by atoms with van der Waals surface area (Å²) in [6.45, 7) is 3.78. The van der Waals surface area contributed by atoms with Crippen molar-refractivity contribution in [3.05, 3.63) is 91.9 Å². The van der Waals surface area contributed by atoms with Crippen molar-refractivity contribution in [3.8, 4) is 11.5 Å². The van der Waals surface area contributed by atoms with E-state index in [4.69, 9.17) is 8.92 Å². The number of hydrogen-bond acceptors (Lipinski definition) is 8. The third-order valence-electron chi connectivity index (χ3n) is 4.56. The molecule has 1 N–H and O–H groups in total. The van der Waals surface area contributed by atoms with Crippen molar-refractivity contribution in [1.82, 2.24) is 5.43 Å². The molecule has 0 bridgehead atoms. The fourth-order valence-electron chi connectivity index (χ4n) is 2.92. The number of benzene rings is 3. The molecule has 0 aliphatic heterocycles. The topological polar surface area (TPSA) is 137 Å². The van der Waals surface area contributed by atoms with Gasteiger partial charge in [-0.2, -0.15) is 13.5 Å². The van der Waals surface area contributed by atoms with Gasteiger partial charge in [0.05, 0.1) is 22.2 Å². The molecule has 0 fully saturated rings. The molecule has 3 aromatic carbocycles. The standard InChI is InChI=1S/C23H20BrN3O7S/c1-3-33-21-13-16(14-25-26-23(28)18-6-4-5-7-20(18)27(29)30)12-19(24)22(21)34-35(31,32)17-10-8-15(2)9-11-17/h4-14H,3H2,1-2H3,(H,26,28)/b25-14+. The van der Waals surface area contributed by atoms with Crippen LogP contribution < -0.4 is 14.3 Å². The first-order valence-corrected chi connectivity index (χ1v) is 12.4. The molecule has 0 heterocycles. The second kappa shape index (κ2) is 11.1. The van der Waals surface area contributed by atoms with Crippen molar-refractivity contribution in [2.75, 3.05) is 6.61 Å². The average molecular weight is 562 g/mol. The van der Waals surface area contributed by atoms with E-state index in [1.54, 1.807) is 19.1 Å². The lowest BCUT2D eigenvalue weighted by atomic mass is 10.2. The van der Waals surface area contributed by atoms with Gasteiger partial charge in [-0.05, 0) is 65.7 Å². The Labute approximate surface area is 210 Å². The van der Waals surface area contributed by atoms with Crippen molar-refractivity contribution in [2.45, 2.75) is 18.7 Å². The molecule has 182 valence electrons. The number of carbonyl (C=O) groups excluding carboxylic acids is 1. The Hall–Kier alpha value is -3.77. The molecule has 3 aromatic rings. The van der Waals surface area contributed by atoms with Crippen molar-refractivity contribution < 1.29 is 27.1 Å². The summed E-state index contributed by atoms with van der Waals surface area (Å²) in [4.78, 5) is 22.7. The number of nitrogens with one attached hydrogen (secondary N) is 1.